The highest BCUT2D eigenvalue weighted by molar-refractivity contribution is 6.32. The Morgan fingerprint density at radius 3 is 2.81 bits per heavy atom. The molecule has 2 aromatic rings. The van der Waals surface area contributed by atoms with Crippen LogP contribution in [-0.4, -0.2) is 20.7 Å². The van der Waals surface area contributed by atoms with E-state index in [1.807, 2.05) is 0 Å². The molecule has 0 aromatic carbocycles. The summed E-state index contributed by atoms with van der Waals surface area (Å²) in [5, 5.41) is 14.9. The Morgan fingerprint density at radius 1 is 1.44 bits per heavy atom. The van der Waals surface area contributed by atoms with Gasteiger partial charge in [-0.05, 0) is 12.1 Å². The molecule has 0 radical (unpaired) electrons. The van der Waals surface area contributed by atoms with Crippen molar-refractivity contribution in [2.45, 2.75) is 0 Å². The number of carboxylic acids is 1. The third-order valence-corrected chi connectivity index (χ3v) is 2.31. The average molecular weight is 257 g/mol. The van der Waals surface area contributed by atoms with Gasteiger partial charge in [0.15, 0.2) is 11.0 Å². The Bertz CT molecular complexity index is 553. The fraction of sp³-hybridized carbons (Fsp3) is 0. The second-order valence-electron chi connectivity index (χ2n) is 2.86. The number of hydrogen-bond acceptors (Lipinski definition) is 4. The molecule has 0 bridgehead atoms. The van der Waals surface area contributed by atoms with Gasteiger partial charge in [0, 0.05) is 12.3 Å². The van der Waals surface area contributed by atoms with E-state index < -0.39 is 5.97 Å². The molecule has 2 aromatic heterocycles. The van der Waals surface area contributed by atoms with Gasteiger partial charge in [0.05, 0.1) is 16.7 Å². The molecular formula is C9H4Cl2N3O2-. The topological polar surface area (TPSA) is 70.8 Å². The normalized spacial score (nSPS) is 10.4. The van der Waals surface area contributed by atoms with Crippen molar-refractivity contribution in [2.75, 3.05) is 0 Å². The van der Waals surface area contributed by atoms with E-state index in [4.69, 9.17) is 23.2 Å². The van der Waals surface area contributed by atoms with Crippen LogP contribution in [0.15, 0.2) is 24.4 Å². The van der Waals surface area contributed by atoms with Crippen molar-refractivity contribution in [2.24, 2.45) is 0 Å². The van der Waals surface area contributed by atoms with Crippen LogP contribution in [0.5, 0.6) is 0 Å². The smallest absolute Gasteiger partial charge is 0.172 e. The second kappa shape index (κ2) is 4.11. The van der Waals surface area contributed by atoms with E-state index in [0.29, 0.717) is 0 Å². The molecule has 2 heterocycles. The minimum absolute atomic E-state index is 0.0286. The molecule has 0 aliphatic carbocycles. The van der Waals surface area contributed by atoms with Gasteiger partial charge in [0.25, 0.3) is 0 Å². The summed E-state index contributed by atoms with van der Waals surface area (Å²) in [7, 11) is 0. The predicted octanol–water partition coefficient (Wildman–Crippen LogP) is 0.938. The van der Waals surface area contributed by atoms with Crippen molar-refractivity contribution in [1.82, 2.24) is 14.8 Å². The minimum Gasteiger partial charge on any atom is -0.543 e. The summed E-state index contributed by atoms with van der Waals surface area (Å²) in [4.78, 5) is 14.7. The summed E-state index contributed by atoms with van der Waals surface area (Å²) < 4.78 is 1.03. The quantitative estimate of drug-likeness (QED) is 0.802. The van der Waals surface area contributed by atoms with Gasteiger partial charge < -0.3 is 9.90 Å². The maximum absolute atomic E-state index is 10.8. The standard InChI is InChI=1S/C9H5Cl2N3O2/c10-5-2-1-3-12-8(5)14-6(9(15)16)4-7(11)13-14/h1-4H,(H,15,16)/p-1. The highest BCUT2D eigenvalue weighted by atomic mass is 35.5. The highest BCUT2D eigenvalue weighted by Crippen LogP contribution is 2.20. The lowest BCUT2D eigenvalue weighted by molar-refractivity contribution is -0.255. The van der Waals surface area contributed by atoms with Crippen molar-refractivity contribution in [1.29, 1.82) is 0 Å². The van der Waals surface area contributed by atoms with Crippen LogP contribution >= 0.6 is 23.2 Å². The van der Waals surface area contributed by atoms with Crippen LogP contribution in [0, 0.1) is 0 Å². The number of nitrogens with zero attached hydrogens (tertiary/aromatic N) is 3. The van der Waals surface area contributed by atoms with Gasteiger partial charge in [-0.1, -0.05) is 23.2 Å². The number of rotatable bonds is 2. The van der Waals surface area contributed by atoms with Crippen LogP contribution in [0.1, 0.15) is 10.5 Å². The van der Waals surface area contributed by atoms with Gasteiger partial charge >= 0.3 is 0 Å². The zero-order valence-electron chi connectivity index (χ0n) is 7.72. The SMILES string of the molecule is O=C([O-])c1cc(Cl)nn1-c1ncccc1Cl. The zero-order chi connectivity index (χ0) is 11.7. The number of carbonyl (C=O) groups is 1. The first kappa shape index (κ1) is 10.9. The van der Waals surface area contributed by atoms with E-state index in [-0.39, 0.29) is 21.7 Å². The maximum Gasteiger partial charge on any atom is 0.172 e. The number of carbonyl (C=O) groups excluding carboxylic acids is 1. The first-order valence-electron chi connectivity index (χ1n) is 4.17. The molecule has 0 atom stereocenters. The second-order valence-corrected chi connectivity index (χ2v) is 3.65. The molecule has 0 unspecified atom stereocenters. The zero-order valence-corrected chi connectivity index (χ0v) is 9.24. The van der Waals surface area contributed by atoms with E-state index in [2.05, 4.69) is 10.1 Å². The van der Waals surface area contributed by atoms with Gasteiger partial charge in [-0.3, -0.25) is 0 Å². The molecule has 0 N–H and O–H groups in total. The molecule has 0 aliphatic rings. The lowest BCUT2D eigenvalue weighted by Crippen LogP contribution is -2.25. The lowest BCUT2D eigenvalue weighted by Gasteiger charge is -2.07. The van der Waals surface area contributed by atoms with Gasteiger partial charge in [0.1, 0.15) is 0 Å². The number of pyridine rings is 1. The molecule has 7 heteroatoms. The third-order valence-electron chi connectivity index (χ3n) is 1.83. The number of aromatic carboxylic acids is 1. The van der Waals surface area contributed by atoms with Gasteiger partial charge in [-0.2, -0.15) is 5.10 Å². The van der Waals surface area contributed by atoms with Gasteiger partial charge in [-0.25, -0.2) is 9.67 Å². The largest absolute Gasteiger partial charge is 0.543 e. The molecule has 2 rings (SSSR count). The van der Waals surface area contributed by atoms with Gasteiger partial charge in [0.2, 0.25) is 0 Å². The first-order valence-corrected chi connectivity index (χ1v) is 4.93. The third kappa shape index (κ3) is 1.87. The average Bonchev–Trinajstić information content (AvgIpc) is 2.61. The van der Waals surface area contributed by atoms with Crippen LogP contribution in [0.2, 0.25) is 10.2 Å². The summed E-state index contributed by atoms with van der Waals surface area (Å²) in [5.74, 6) is -1.21. The summed E-state index contributed by atoms with van der Waals surface area (Å²) in [5.41, 5.74) is -0.203. The summed E-state index contributed by atoms with van der Waals surface area (Å²) in [6.45, 7) is 0. The van der Waals surface area contributed by atoms with Crippen molar-refractivity contribution < 1.29 is 9.90 Å². The number of hydrogen-bond donors (Lipinski definition) is 0. The van der Waals surface area contributed by atoms with E-state index >= 15 is 0 Å². The number of aromatic nitrogens is 3. The lowest BCUT2D eigenvalue weighted by atomic mass is 10.4. The summed E-state index contributed by atoms with van der Waals surface area (Å²) in [6, 6.07) is 4.36. The van der Waals surface area contributed by atoms with Crippen LogP contribution in [0.25, 0.3) is 5.82 Å². The fourth-order valence-electron chi connectivity index (χ4n) is 1.19. The van der Waals surface area contributed by atoms with E-state index in [9.17, 15) is 9.90 Å². The first-order chi connectivity index (χ1) is 7.59. The molecular weight excluding hydrogens is 253 g/mol. The Kier molecular flexibility index (Phi) is 2.80. The number of halogens is 2. The molecule has 0 saturated heterocycles. The highest BCUT2D eigenvalue weighted by Gasteiger charge is 2.12. The predicted molar refractivity (Wildman–Crippen MR) is 55.7 cm³/mol. The van der Waals surface area contributed by atoms with Crippen LogP contribution in [-0.2, 0) is 0 Å². The monoisotopic (exact) mass is 256 g/mol. The Labute approximate surface area is 100 Å². The molecule has 5 nitrogen and oxygen atoms in total. The molecule has 16 heavy (non-hydrogen) atoms. The van der Waals surface area contributed by atoms with Crippen molar-refractivity contribution in [3.05, 3.63) is 40.3 Å². The van der Waals surface area contributed by atoms with Crippen molar-refractivity contribution in [3.63, 3.8) is 0 Å². The summed E-state index contributed by atoms with van der Waals surface area (Å²) in [6.07, 6.45) is 1.47. The maximum atomic E-state index is 10.8. The van der Waals surface area contributed by atoms with E-state index in [1.165, 1.54) is 12.3 Å². The minimum atomic E-state index is -1.40. The number of carboxylic acid groups (broad SMARTS) is 1. The van der Waals surface area contributed by atoms with Crippen molar-refractivity contribution in [3.8, 4) is 5.82 Å². The molecule has 0 spiro atoms. The van der Waals surface area contributed by atoms with Crippen molar-refractivity contribution >= 4 is 29.2 Å². The Balaban J connectivity index is 2.64. The molecule has 82 valence electrons. The van der Waals surface area contributed by atoms with E-state index in [0.717, 1.165) is 4.68 Å². The van der Waals surface area contributed by atoms with E-state index in [1.54, 1.807) is 12.1 Å². The fourth-order valence-corrected chi connectivity index (χ4v) is 1.57. The molecule has 0 amide bonds. The Morgan fingerprint density at radius 2 is 2.19 bits per heavy atom. The van der Waals surface area contributed by atoms with Crippen LogP contribution in [0.3, 0.4) is 0 Å². The molecule has 0 aliphatic heterocycles. The Hall–Kier alpha value is -1.59. The molecule has 0 saturated carbocycles. The van der Waals surface area contributed by atoms with Gasteiger partial charge in [-0.15, -0.1) is 0 Å². The van der Waals surface area contributed by atoms with Crippen LogP contribution in [0.4, 0.5) is 0 Å². The summed E-state index contributed by atoms with van der Waals surface area (Å²) >= 11 is 11.5. The molecule has 0 fully saturated rings. The van der Waals surface area contributed by atoms with Crippen LogP contribution < -0.4 is 5.11 Å².